The number of amides is 2. The molecule has 2 amide bonds. The molecule has 0 aliphatic carbocycles. The number of carbonyl (C=O) groups is 1. The third kappa shape index (κ3) is 2.60. The second-order valence-corrected chi connectivity index (χ2v) is 6.44. The van der Waals surface area contributed by atoms with Crippen LogP contribution in [-0.4, -0.2) is 41.8 Å². The quantitative estimate of drug-likeness (QED) is 0.435. The van der Waals surface area contributed by atoms with Crippen LogP contribution in [0.3, 0.4) is 0 Å². The predicted molar refractivity (Wildman–Crippen MR) is 86.7 cm³/mol. The maximum absolute atomic E-state index is 13.9. The standard InChI is InChI=1S/C15H12ClF3N6O/c1-7-10(3-2-8(6-20)11(7)16)25-13(15(17,18)19)12-9(22-23-21)4-5-24(12)14(25)26/h2-3,9,12-13H,4-5H2,1H3/t9?,12-,13?/m0/s1. The van der Waals surface area contributed by atoms with Gasteiger partial charge in [0.15, 0.2) is 6.04 Å². The minimum absolute atomic E-state index is 0.00243. The molecule has 0 radical (unpaired) electrons. The molecule has 0 aromatic heterocycles. The first kappa shape index (κ1) is 18.2. The first-order valence-corrected chi connectivity index (χ1v) is 8.00. The summed E-state index contributed by atoms with van der Waals surface area (Å²) in [6.45, 7) is 1.52. The van der Waals surface area contributed by atoms with Crippen LogP contribution >= 0.6 is 11.6 Å². The Hall–Kier alpha value is -2.63. The Labute approximate surface area is 151 Å². The van der Waals surface area contributed by atoms with Crippen molar-refractivity contribution in [2.75, 3.05) is 11.4 Å². The van der Waals surface area contributed by atoms with Crippen molar-refractivity contribution in [1.29, 1.82) is 5.26 Å². The average molecular weight is 385 g/mol. The topological polar surface area (TPSA) is 96.1 Å². The number of nitriles is 1. The minimum atomic E-state index is -4.74. The van der Waals surface area contributed by atoms with Gasteiger partial charge in [0, 0.05) is 11.5 Å². The fourth-order valence-corrected chi connectivity index (χ4v) is 3.82. The van der Waals surface area contributed by atoms with Gasteiger partial charge >= 0.3 is 12.2 Å². The molecule has 2 fully saturated rings. The molecule has 0 saturated carbocycles. The average Bonchev–Trinajstić information content (AvgIpc) is 3.09. The molecule has 1 aromatic rings. The molecule has 0 bridgehead atoms. The van der Waals surface area contributed by atoms with Crippen molar-refractivity contribution in [1.82, 2.24) is 4.90 Å². The van der Waals surface area contributed by atoms with E-state index in [1.807, 2.05) is 6.07 Å². The van der Waals surface area contributed by atoms with Gasteiger partial charge in [-0.15, -0.1) is 0 Å². The van der Waals surface area contributed by atoms with E-state index in [9.17, 15) is 18.0 Å². The smallest absolute Gasteiger partial charge is 0.318 e. The van der Waals surface area contributed by atoms with Crippen molar-refractivity contribution in [3.8, 4) is 6.07 Å². The Morgan fingerprint density at radius 2 is 2.15 bits per heavy atom. The third-order valence-electron chi connectivity index (χ3n) is 4.75. The van der Waals surface area contributed by atoms with Gasteiger partial charge in [0.2, 0.25) is 0 Å². The van der Waals surface area contributed by atoms with E-state index in [4.69, 9.17) is 22.4 Å². The third-order valence-corrected chi connectivity index (χ3v) is 5.23. The van der Waals surface area contributed by atoms with Gasteiger partial charge in [0.05, 0.1) is 28.4 Å². The predicted octanol–water partition coefficient (Wildman–Crippen LogP) is 4.14. The lowest BCUT2D eigenvalue weighted by Crippen LogP contribution is -2.51. The zero-order valence-corrected chi connectivity index (χ0v) is 14.2. The summed E-state index contributed by atoms with van der Waals surface area (Å²) in [6, 6.07) is -0.852. The summed E-state index contributed by atoms with van der Waals surface area (Å²) in [5.74, 6) is 0. The van der Waals surface area contributed by atoms with Crippen molar-refractivity contribution >= 4 is 23.3 Å². The van der Waals surface area contributed by atoms with Gasteiger partial charge in [0.1, 0.15) is 6.07 Å². The van der Waals surface area contributed by atoms with E-state index in [-0.39, 0.29) is 34.8 Å². The Morgan fingerprint density at radius 3 is 2.73 bits per heavy atom. The molecule has 2 aliphatic heterocycles. The molecule has 136 valence electrons. The number of azide groups is 1. The van der Waals surface area contributed by atoms with Crippen LogP contribution in [0.4, 0.5) is 23.7 Å². The lowest BCUT2D eigenvalue weighted by atomic mass is 10.00. The molecule has 0 spiro atoms. The van der Waals surface area contributed by atoms with Gasteiger partial charge in [-0.3, -0.25) is 4.90 Å². The number of rotatable bonds is 2. The lowest BCUT2D eigenvalue weighted by Gasteiger charge is -2.30. The molecule has 2 aliphatic rings. The van der Waals surface area contributed by atoms with Gasteiger partial charge in [0.25, 0.3) is 0 Å². The van der Waals surface area contributed by atoms with Crippen LogP contribution in [0.5, 0.6) is 0 Å². The number of carbonyl (C=O) groups excluding carboxylic acids is 1. The number of fused-ring (bicyclic) bond motifs is 1. The molecule has 0 N–H and O–H groups in total. The van der Waals surface area contributed by atoms with Crippen LogP contribution in [-0.2, 0) is 0 Å². The molecule has 1 aromatic carbocycles. The highest BCUT2D eigenvalue weighted by molar-refractivity contribution is 6.33. The van der Waals surface area contributed by atoms with Gasteiger partial charge in [-0.2, -0.15) is 18.4 Å². The number of hydrogen-bond acceptors (Lipinski definition) is 3. The normalized spacial score (nSPS) is 25.1. The van der Waals surface area contributed by atoms with Crippen molar-refractivity contribution in [2.24, 2.45) is 5.11 Å². The monoisotopic (exact) mass is 384 g/mol. The Bertz CT molecular complexity index is 860. The Morgan fingerprint density at radius 1 is 1.46 bits per heavy atom. The van der Waals surface area contributed by atoms with Crippen LogP contribution < -0.4 is 4.90 Å². The first-order chi connectivity index (χ1) is 12.2. The van der Waals surface area contributed by atoms with Crippen LogP contribution in [0.25, 0.3) is 10.4 Å². The van der Waals surface area contributed by atoms with Gasteiger partial charge in [-0.1, -0.05) is 16.7 Å². The number of hydrogen-bond donors (Lipinski definition) is 0. The maximum Gasteiger partial charge on any atom is 0.411 e. The zero-order valence-electron chi connectivity index (χ0n) is 13.4. The van der Waals surface area contributed by atoms with E-state index in [1.54, 1.807) is 0 Å². The Balaban J connectivity index is 2.15. The molecule has 26 heavy (non-hydrogen) atoms. The number of anilines is 1. The second-order valence-electron chi connectivity index (χ2n) is 6.07. The second kappa shape index (κ2) is 6.27. The van der Waals surface area contributed by atoms with Gasteiger partial charge in [-0.05, 0) is 36.6 Å². The SMILES string of the molecule is Cc1c(N2C(=O)N3CCC(N=[N+]=[N-])[C@H]3C2C(F)(F)F)ccc(C#N)c1Cl. The highest BCUT2D eigenvalue weighted by Crippen LogP contribution is 2.45. The number of benzene rings is 1. The summed E-state index contributed by atoms with van der Waals surface area (Å²) < 4.78 is 41.6. The van der Waals surface area contributed by atoms with Crippen LogP contribution in [0.15, 0.2) is 17.2 Å². The van der Waals surface area contributed by atoms with Crippen molar-refractivity contribution in [2.45, 2.75) is 37.6 Å². The number of alkyl halides is 3. The van der Waals surface area contributed by atoms with Crippen LogP contribution in [0.1, 0.15) is 17.5 Å². The summed E-state index contributed by atoms with van der Waals surface area (Å²) in [7, 11) is 0. The molecular weight excluding hydrogens is 373 g/mol. The highest BCUT2D eigenvalue weighted by Gasteiger charge is 2.62. The van der Waals surface area contributed by atoms with E-state index in [0.717, 1.165) is 4.90 Å². The molecule has 2 saturated heterocycles. The molecule has 2 unspecified atom stereocenters. The summed E-state index contributed by atoms with van der Waals surface area (Å²) in [4.78, 5) is 17.1. The van der Waals surface area contributed by atoms with E-state index in [0.29, 0.717) is 4.90 Å². The maximum atomic E-state index is 13.9. The Kier molecular flexibility index (Phi) is 4.38. The van der Waals surface area contributed by atoms with Crippen molar-refractivity contribution in [3.05, 3.63) is 38.7 Å². The molecule has 2 heterocycles. The first-order valence-electron chi connectivity index (χ1n) is 7.62. The van der Waals surface area contributed by atoms with E-state index in [2.05, 4.69) is 10.0 Å². The number of urea groups is 1. The van der Waals surface area contributed by atoms with Crippen LogP contribution in [0, 0.1) is 18.3 Å². The van der Waals surface area contributed by atoms with Crippen molar-refractivity contribution in [3.63, 3.8) is 0 Å². The molecule has 11 heteroatoms. The molecule has 3 rings (SSSR count). The summed E-state index contributed by atoms with van der Waals surface area (Å²) in [5, 5.41) is 12.5. The summed E-state index contributed by atoms with van der Waals surface area (Å²) >= 11 is 6.06. The fraction of sp³-hybridized carbons (Fsp3) is 0.467. The van der Waals surface area contributed by atoms with E-state index < -0.39 is 30.3 Å². The highest BCUT2D eigenvalue weighted by atomic mass is 35.5. The molecular formula is C15H12ClF3N6O. The number of nitrogens with zero attached hydrogens (tertiary/aromatic N) is 6. The molecule has 7 nitrogen and oxygen atoms in total. The fourth-order valence-electron chi connectivity index (χ4n) is 3.62. The summed E-state index contributed by atoms with van der Waals surface area (Å²) in [5.41, 5.74) is 8.93. The largest absolute Gasteiger partial charge is 0.411 e. The van der Waals surface area contributed by atoms with Crippen molar-refractivity contribution < 1.29 is 18.0 Å². The minimum Gasteiger partial charge on any atom is -0.318 e. The van der Waals surface area contributed by atoms with E-state index in [1.165, 1.54) is 19.1 Å². The summed E-state index contributed by atoms with van der Waals surface area (Å²) in [6.07, 6.45) is -4.57. The molecule has 3 atom stereocenters. The van der Waals surface area contributed by atoms with E-state index >= 15 is 0 Å². The lowest BCUT2D eigenvalue weighted by molar-refractivity contribution is -0.152. The number of halogens is 4. The van der Waals surface area contributed by atoms with Gasteiger partial charge < -0.3 is 4.90 Å². The zero-order chi connectivity index (χ0) is 19.2. The van der Waals surface area contributed by atoms with Gasteiger partial charge in [-0.25, -0.2) is 4.79 Å². The van der Waals surface area contributed by atoms with Crippen LogP contribution in [0.2, 0.25) is 5.02 Å².